The predicted molar refractivity (Wildman–Crippen MR) is 66.6 cm³/mol. The van der Waals surface area contributed by atoms with E-state index in [1.54, 1.807) is 25.1 Å². The Morgan fingerprint density at radius 1 is 1.35 bits per heavy atom. The van der Waals surface area contributed by atoms with Crippen molar-refractivity contribution >= 4 is 23.4 Å². The highest BCUT2D eigenvalue weighted by atomic mass is 35.5. The number of hydrogen-bond donors (Lipinski definition) is 1. The lowest BCUT2D eigenvalue weighted by molar-refractivity contribution is -0.137. The lowest BCUT2D eigenvalue weighted by atomic mass is 9.95. The number of rotatable bonds is 5. The number of carboxylic acids is 1. The Labute approximate surface area is 105 Å². The van der Waals surface area contributed by atoms with Crippen molar-refractivity contribution in [2.45, 2.75) is 26.7 Å². The molecular formula is C13H15ClO3. The van der Waals surface area contributed by atoms with Crippen molar-refractivity contribution in [3.63, 3.8) is 0 Å². The summed E-state index contributed by atoms with van der Waals surface area (Å²) in [6.45, 7) is 3.58. The highest BCUT2D eigenvalue weighted by Gasteiger charge is 2.15. The van der Waals surface area contributed by atoms with Crippen molar-refractivity contribution in [1.29, 1.82) is 0 Å². The normalized spacial score (nSPS) is 12.2. The molecule has 1 rings (SSSR count). The molecule has 17 heavy (non-hydrogen) atoms. The number of hydrogen-bond acceptors (Lipinski definition) is 2. The van der Waals surface area contributed by atoms with Crippen molar-refractivity contribution in [3.8, 4) is 0 Å². The lowest BCUT2D eigenvalue weighted by Gasteiger charge is -2.09. The van der Waals surface area contributed by atoms with Crippen LogP contribution in [0.2, 0.25) is 5.02 Å². The molecule has 1 aromatic rings. The zero-order valence-electron chi connectivity index (χ0n) is 9.87. The van der Waals surface area contributed by atoms with Crippen LogP contribution in [-0.4, -0.2) is 16.9 Å². The second-order valence-electron chi connectivity index (χ2n) is 4.29. The van der Waals surface area contributed by atoms with Gasteiger partial charge in [-0.15, -0.1) is 0 Å². The number of benzene rings is 1. The smallest absolute Gasteiger partial charge is 0.303 e. The van der Waals surface area contributed by atoms with Crippen LogP contribution >= 0.6 is 11.6 Å². The number of Topliss-reactive ketones (excluding diaryl/α,β-unsaturated/α-hetero) is 1. The van der Waals surface area contributed by atoms with Crippen LogP contribution < -0.4 is 0 Å². The second kappa shape index (κ2) is 5.82. The maximum atomic E-state index is 11.9. The Balaban J connectivity index is 2.73. The van der Waals surface area contributed by atoms with Crippen LogP contribution in [0.15, 0.2) is 18.2 Å². The summed E-state index contributed by atoms with van der Waals surface area (Å²) in [6, 6.07) is 5.09. The Bertz CT molecular complexity index is 440. The number of carbonyl (C=O) groups is 2. The minimum Gasteiger partial charge on any atom is -0.481 e. The van der Waals surface area contributed by atoms with Crippen molar-refractivity contribution in [2.75, 3.05) is 0 Å². The quantitative estimate of drug-likeness (QED) is 0.820. The average Bonchev–Trinajstić information content (AvgIpc) is 2.15. The zero-order chi connectivity index (χ0) is 13.0. The van der Waals surface area contributed by atoms with Gasteiger partial charge in [0.05, 0.1) is 0 Å². The molecule has 4 heteroatoms. The molecule has 1 N–H and O–H groups in total. The Kier molecular flexibility index (Phi) is 4.70. The Morgan fingerprint density at radius 2 is 2.00 bits per heavy atom. The van der Waals surface area contributed by atoms with E-state index in [0.717, 1.165) is 5.56 Å². The molecular weight excluding hydrogens is 240 g/mol. The SMILES string of the molecule is Cc1cc(Cl)ccc1C(=O)CC(C)CC(=O)O. The third-order valence-electron chi connectivity index (χ3n) is 2.55. The summed E-state index contributed by atoms with van der Waals surface area (Å²) < 4.78 is 0. The first-order valence-corrected chi connectivity index (χ1v) is 5.79. The van der Waals surface area contributed by atoms with Crippen LogP contribution in [0.1, 0.15) is 35.7 Å². The van der Waals surface area contributed by atoms with E-state index in [0.29, 0.717) is 10.6 Å². The van der Waals surface area contributed by atoms with Crippen LogP contribution in [-0.2, 0) is 4.79 Å². The average molecular weight is 255 g/mol. The molecule has 0 radical (unpaired) electrons. The van der Waals surface area contributed by atoms with E-state index in [2.05, 4.69) is 0 Å². The molecule has 0 aromatic heterocycles. The van der Waals surface area contributed by atoms with Crippen molar-refractivity contribution < 1.29 is 14.7 Å². The van der Waals surface area contributed by atoms with Crippen molar-refractivity contribution in [3.05, 3.63) is 34.3 Å². The highest BCUT2D eigenvalue weighted by molar-refractivity contribution is 6.30. The fourth-order valence-corrected chi connectivity index (χ4v) is 1.96. The third kappa shape index (κ3) is 4.19. The van der Waals surface area contributed by atoms with Crippen LogP contribution in [0.5, 0.6) is 0 Å². The van der Waals surface area contributed by atoms with Crippen LogP contribution in [0, 0.1) is 12.8 Å². The standard InChI is InChI=1S/C13H15ClO3/c1-8(6-13(16)17)5-12(15)11-4-3-10(14)7-9(11)2/h3-4,7-8H,5-6H2,1-2H3,(H,16,17). The molecule has 0 bridgehead atoms. The van der Waals surface area contributed by atoms with Gasteiger partial charge in [0.2, 0.25) is 0 Å². The molecule has 0 fully saturated rings. The van der Waals surface area contributed by atoms with Gasteiger partial charge in [-0.3, -0.25) is 9.59 Å². The number of carbonyl (C=O) groups excluding carboxylic acids is 1. The minimum absolute atomic E-state index is 0.0123. The van der Waals surface area contributed by atoms with E-state index in [1.165, 1.54) is 0 Å². The van der Waals surface area contributed by atoms with Gasteiger partial charge < -0.3 is 5.11 Å². The van der Waals surface area contributed by atoms with E-state index in [-0.39, 0.29) is 24.5 Å². The lowest BCUT2D eigenvalue weighted by Crippen LogP contribution is -2.11. The van der Waals surface area contributed by atoms with Gasteiger partial charge in [-0.1, -0.05) is 18.5 Å². The summed E-state index contributed by atoms with van der Waals surface area (Å²) in [6.07, 6.45) is 0.257. The molecule has 0 aliphatic rings. The predicted octanol–water partition coefficient (Wildman–Crippen LogP) is 3.33. The molecule has 0 heterocycles. The molecule has 0 aliphatic heterocycles. The first-order chi connectivity index (χ1) is 7.90. The molecule has 0 saturated heterocycles. The van der Waals surface area contributed by atoms with Gasteiger partial charge >= 0.3 is 5.97 Å². The summed E-state index contributed by atoms with van der Waals surface area (Å²) in [5, 5.41) is 9.22. The zero-order valence-corrected chi connectivity index (χ0v) is 10.6. The first kappa shape index (κ1) is 13.7. The Hall–Kier alpha value is -1.35. The number of aryl methyl sites for hydroxylation is 1. The molecule has 92 valence electrons. The summed E-state index contributed by atoms with van der Waals surface area (Å²) in [5.41, 5.74) is 1.44. The van der Waals surface area contributed by atoms with E-state index in [4.69, 9.17) is 16.7 Å². The fourth-order valence-electron chi connectivity index (χ4n) is 1.74. The van der Waals surface area contributed by atoms with Crippen molar-refractivity contribution in [2.24, 2.45) is 5.92 Å². The summed E-state index contributed by atoms with van der Waals surface area (Å²) in [7, 11) is 0. The molecule has 1 atom stereocenters. The van der Waals surface area contributed by atoms with Crippen LogP contribution in [0.4, 0.5) is 0 Å². The van der Waals surface area contributed by atoms with E-state index >= 15 is 0 Å². The maximum Gasteiger partial charge on any atom is 0.303 e. The van der Waals surface area contributed by atoms with Gasteiger partial charge in [0.15, 0.2) is 5.78 Å². The largest absolute Gasteiger partial charge is 0.481 e. The highest BCUT2D eigenvalue weighted by Crippen LogP contribution is 2.19. The molecule has 0 saturated carbocycles. The number of ketones is 1. The summed E-state index contributed by atoms with van der Waals surface area (Å²) in [4.78, 5) is 22.4. The van der Waals surface area contributed by atoms with E-state index in [1.807, 2.05) is 6.92 Å². The third-order valence-corrected chi connectivity index (χ3v) is 2.78. The molecule has 3 nitrogen and oxygen atoms in total. The van der Waals surface area contributed by atoms with Gasteiger partial charge in [0.25, 0.3) is 0 Å². The first-order valence-electron chi connectivity index (χ1n) is 5.41. The Morgan fingerprint density at radius 3 is 2.53 bits per heavy atom. The van der Waals surface area contributed by atoms with Crippen LogP contribution in [0.3, 0.4) is 0 Å². The number of halogens is 1. The summed E-state index contributed by atoms with van der Waals surface area (Å²) in [5.74, 6) is -1.07. The molecule has 0 aliphatic carbocycles. The number of aliphatic carboxylic acids is 1. The topological polar surface area (TPSA) is 54.4 Å². The molecule has 1 unspecified atom stereocenters. The fraction of sp³-hybridized carbons (Fsp3) is 0.385. The van der Waals surface area contributed by atoms with E-state index in [9.17, 15) is 9.59 Å². The molecule has 0 amide bonds. The van der Waals surface area contributed by atoms with Gasteiger partial charge in [-0.2, -0.15) is 0 Å². The van der Waals surface area contributed by atoms with Gasteiger partial charge in [-0.25, -0.2) is 0 Å². The van der Waals surface area contributed by atoms with Gasteiger partial charge in [-0.05, 0) is 36.6 Å². The van der Waals surface area contributed by atoms with E-state index < -0.39 is 5.97 Å². The van der Waals surface area contributed by atoms with Crippen LogP contribution in [0.25, 0.3) is 0 Å². The molecule has 1 aromatic carbocycles. The van der Waals surface area contributed by atoms with Crippen molar-refractivity contribution in [1.82, 2.24) is 0 Å². The minimum atomic E-state index is -0.877. The van der Waals surface area contributed by atoms with Gasteiger partial charge in [0.1, 0.15) is 0 Å². The van der Waals surface area contributed by atoms with Gasteiger partial charge in [0, 0.05) is 23.4 Å². The number of carboxylic acid groups (broad SMARTS) is 1. The maximum absolute atomic E-state index is 11.9. The monoisotopic (exact) mass is 254 g/mol. The summed E-state index contributed by atoms with van der Waals surface area (Å²) >= 11 is 5.81. The second-order valence-corrected chi connectivity index (χ2v) is 4.73. The molecule has 0 spiro atoms.